The van der Waals surface area contributed by atoms with Gasteiger partial charge in [-0.1, -0.05) is 12.1 Å². The topological polar surface area (TPSA) is 36.7 Å². The molecule has 0 amide bonds. The van der Waals surface area contributed by atoms with Crippen molar-refractivity contribution in [3.63, 3.8) is 0 Å². The number of nitriles is 1. The second-order valence-electron chi connectivity index (χ2n) is 3.52. The van der Waals surface area contributed by atoms with Crippen LogP contribution in [0.3, 0.4) is 0 Å². The lowest BCUT2D eigenvalue weighted by atomic mass is 10.0. The lowest BCUT2D eigenvalue weighted by Gasteiger charge is -2.05. The van der Waals surface area contributed by atoms with Crippen molar-refractivity contribution in [1.82, 2.24) is 4.98 Å². The van der Waals surface area contributed by atoms with Crippen molar-refractivity contribution in [3.05, 3.63) is 53.6 Å². The molecule has 3 heteroatoms. The molecule has 16 heavy (non-hydrogen) atoms. The quantitative estimate of drug-likeness (QED) is 0.728. The van der Waals surface area contributed by atoms with Crippen LogP contribution in [0.25, 0.3) is 11.1 Å². The molecule has 2 aromatic rings. The van der Waals surface area contributed by atoms with Crippen molar-refractivity contribution in [1.29, 1.82) is 5.26 Å². The Morgan fingerprint density at radius 3 is 2.75 bits per heavy atom. The third-order valence-corrected chi connectivity index (χ3v) is 2.36. The second-order valence-corrected chi connectivity index (χ2v) is 3.52. The van der Waals surface area contributed by atoms with Gasteiger partial charge in [-0.2, -0.15) is 5.26 Å². The Morgan fingerprint density at radius 2 is 2.06 bits per heavy atom. The summed E-state index contributed by atoms with van der Waals surface area (Å²) >= 11 is 0. The van der Waals surface area contributed by atoms with E-state index in [4.69, 9.17) is 5.26 Å². The minimum atomic E-state index is -0.329. The van der Waals surface area contributed by atoms with Gasteiger partial charge in [-0.05, 0) is 24.6 Å². The standard InChI is InChI=1S/C13H9FN2/c1-9-2-3-11(13(14)6-9)12-8-16-5-4-10(12)7-15/h2-6,8H,1H3. The van der Waals surface area contributed by atoms with Crippen LogP contribution in [0.5, 0.6) is 0 Å². The van der Waals surface area contributed by atoms with Gasteiger partial charge < -0.3 is 0 Å². The Bertz CT molecular complexity index is 570. The van der Waals surface area contributed by atoms with Gasteiger partial charge in [-0.15, -0.1) is 0 Å². The molecule has 0 aliphatic rings. The summed E-state index contributed by atoms with van der Waals surface area (Å²) in [6, 6.07) is 8.54. The Kier molecular flexibility index (Phi) is 2.65. The number of aryl methyl sites for hydroxylation is 1. The van der Waals surface area contributed by atoms with E-state index in [1.54, 1.807) is 12.1 Å². The van der Waals surface area contributed by atoms with Gasteiger partial charge in [-0.25, -0.2) is 4.39 Å². The second kappa shape index (κ2) is 4.11. The van der Waals surface area contributed by atoms with Crippen molar-refractivity contribution in [2.45, 2.75) is 6.92 Å². The van der Waals surface area contributed by atoms with E-state index in [1.165, 1.54) is 18.5 Å². The molecule has 1 heterocycles. The first kappa shape index (κ1) is 10.3. The third-order valence-electron chi connectivity index (χ3n) is 2.36. The van der Waals surface area contributed by atoms with E-state index in [-0.39, 0.29) is 5.82 Å². The number of rotatable bonds is 1. The van der Waals surface area contributed by atoms with Crippen molar-refractivity contribution in [2.24, 2.45) is 0 Å². The van der Waals surface area contributed by atoms with Gasteiger partial charge in [0.25, 0.3) is 0 Å². The SMILES string of the molecule is Cc1ccc(-c2cnccc2C#N)c(F)c1. The zero-order valence-corrected chi connectivity index (χ0v) is 8.74. The molecule has 0 unspecified atom stereocenters. The van der Waals surface area contributed by atoms with Crippen LogP contribution in [0.15, 0.2) is 36.7 Å². The van der Waals surface area contributed by atoms with Crippen molar-refractivity contribution >= 4 is 0 Å². The van der Waals surface area contributed by atoms with Crippen molar-refractivity contribution in [3.8, 4) is 17.2 Å². The van der Waals surface area contributed by atoms with E-state index in [2.05, 4.69) is 4.98 Å². The Morgan fingerprint density at radius 1 is 1.25 bits per heavy atom. The van der Waals surface area contributed by atoms with Crippen LogP contribution in [0, 0.1) is 24.1 Å². The monoisotopic (exact) mass is 212 g/mol. The van der Waals surface area contributed by atoms with E-state index < -0.39 is 0 Å². The molecule has 0 saturated heterocycles. The van der Waals surface area contributed by atoms with Gasteiger partial charge in [0.2, 0.25) is 0 Å². The maximum Gasteiger partial charge on any atom is 0.131 e. The average molecular weight is 212 g/mol. The van der Waals surface area contributed by atoms with Gasteiger partial charge in [0.05, 0.1) is 11.6 Å². The summed E-state index contributed by atoms with van der Waals surface area (Å²) in [7, 11) is 0. The molecule has 0 bridgehead atoms. The van der Waals surface area contributed by atoms with Crippen LogP contribution in [0.1, 0.15) is 11.1 Å². The van der Waals surface area contributed by atoms with Crippen LogP contribution in [-0.2, 0) is 0 Å². The molecule has 1 aromatic carbocycles. The minimum Gasteiger partial charge on any atom is -0.264 e. The molecule has 1 aromatic heterocycles. The predicted octanol–water partition coefficient (Wildman–Crippen LogP) is 3.07. The zero-order valence-electron chi connectivity index (χ0n) is 8.74. The summed E-state index contributed by atoms with van der Waals surface area (Å²) in [5.74, 6) is -0.329. The molecule has 2 nitrogen and oxygen atoms in total. The zero-order chi connectivity index (χ0) is 11.5. The maximum absolute atomic E-state index is 13.7. The van der Waals surface area contributed by atoms with Crippen LogP contribution < -0.4 is 0 Å². The number of pyridine rings is 1. The number of hydrogen-bond acceptors (Lipinski definition) is 2. The number of hydrogen-bond donors (Lipinski definition) is 0. The van der Waals surface area contributed by atoms with Crippen LogP contribution in [-0.4, -0.2) is 4.98 Å². The van der Waals surface area contributed by atoms with Crippen molar-refractivity contribution in [2.75, 3.05) is 0 Å². The Labute approximate surface area is 93.0 Å². The smallest absolute Gasteiger partial charge is 0.131 e. The molecule has 78 valence electrons. The van der Waals surface area contributed by atoms with E-state index in [0.29, 0.717) is 16.7 Å². The first-order valence-corrected chi connectivity index (χ1v) is 4.83. The normalized spacial score (nSPS) is 9.81. The summed E-state index contributed by atoms with van der Waals surface area (Å²) in [5.41, 5.74) is 2.22. The fraction of sp³-hybridized carbons (Fsp3) is 0.0769. The molecule has 0 saturated carbocycles. The summed E-state index contributed by atoms with van der Waals surface area (Å²) < 4.78 is 13.7. The van der Waals surface area contributed by atoms with Crippen LogP contribution >= 0.6 is 0 Å². The Balaban J connectivity index is 2.64. The molecule has 0 aliphatic heterocycles. The van der Waals surface area contributed by atoms with E-state index in [0.717, 1.165) is 5.56 Å². The highest BCUT2D eigenvalue weighted by molar-refractivity contribution is 5.70. The van der Waals surface area contributed by atoms with Gasteiger partial charge in [0, 0.05) is 23.5 Å². The highest BCUT2D eigenvalue weighted by Gasteiger charge is 2.09. The number of aromatic nitrogens is 1. The Hall–Kier alpha value is -2.21. The molecular weight excluding hydrogens is 203 g/mol. The van der Waals surface area contributed by atoms with Gasteiger partial charge >= 0.3 is 0 Å². The van der Waals surface area contributed by atoms with Crippen LogP contribution in [0.4, 0.5) is 4.39 Å². The average Bonchev–Trinajstić information content (AvgIpc) is 2.29. The molecule has 0 fully saturated rings. The summed E-state index contributed by atoms with van der Waals surface area (Å²) in [5, 5.41) is 8.93. The summed E-state index contributed by atoms with van der Waals surface area (Å²) in [6.45, 7) is 1.82. The van der Waals surface area contributed by atoms with E-state index >= 15 is 0 Å². The van der Waals surface area contributed by atoms with E-state index in [1.807, 2.05) is 19.1 Å². The molecule has 0 N–H and O–H groups in total. The van der Waals surface area contributed by atoms with Crippen molar-refractivity contribution < 1.29 is 4.39 Å². The van der Waals surface area contributed by atoms with Gasteiger partial charge in [-0.3, -0.25) is 4.98 Å². The fourth-order valence-electron chi connectivity index (χ4n) is 1.55. The van der Waals surface area contributed by atoms with Gasteiger partial charge in [0.15, 0.2) is 0 Å². The lowest BCUT2D eigenvalue weighted by Crippen LogP contribution is -1.90. The van der Waals surface area contributed by atoms with E-state index in [9.17, 15) is 4.39 Å². The number of benzene rings is 1. The predicted molar refractivity (Wildman–Crippen MR) is 59.1 cm³/mol. The minimum absolute atomic E-state index is 0.329. The molecule has 0 radical (unpaired) electrons. The largest absolute Gasteiger partial charge is 0.264 e. The molecule has 0 aliphatic carbocycles. The first-order chi connectivity index (χ1) is 7.72. The highest BCUT2D eigenvalue weighted by Crippen LogP contribution is 2.25. The molecule has 0 atom stereocenters. The number of nitrogens with zero attached hydrogens (tertiary/aromatic N) is 2. The fourth-order valence-corrected chi connectivity index (χ4v) is 1.55. The lowest BCUT2D eigenvalue weighted by molar-refractivity contribution is 0.630. The van der Waals surface area contributed by atoms with Crippen LogP contribution in [0.2, 0.25) is 0 Å². The molecular formula is C13H9FN2. The highest BCUT2D eigenvalue weighted by atomic mass is 19.1. The third kappa shape index (κ3) is 1.78. The maximum atomic E-state index is 13.7. The van der Waals surface area contributed by atoms with Gasteiger partial charge in [0.1, 0.15) is 5.82 Å². The first-order valence-electron chi connectivity index (χ1n) is 4.83. The summed E-state index contributed by atoms with van der Waals surface area (Å²) in [6.07, 6.45) is 3.03. The molecule has 0 spiro atoms. The number of halogens is 1. The summed E-state index contributed by atoms with van der Waals surface area (Å²) in [4.78, 5) is 3.92. The molecule has 2 rings (SSSR count).